The van der Waals surface area contributed by atoms with Crippen molar-refractivity contribution < 1.29 is 4.79 Å². The maximum Gasteiger partial charge on any atom is 0.324 e. The van der Waals surface area contributed by atoms with E-state index in [1.54, 1.807) is 13.2 Å². The van der Waals surface area contributed by atoms with E-state index in [9.17, 15) is 4.79 Å². The summed E-state index contributed by atoms with van der Waals surface area (Å²) in [7, 11) is 1.60. The summed E-state index contributed by atoms with van der Waals surface area (Å²) in [6.45, 7) is 1.77. The Morgan fingerprint density at radius 1 is 1.56 bits per heavy atom. The quantitative estimate of drug-likeness (QED) is 0.405. The number of aromatic nitrogens is 2. The molecular weight excluding hydrogens is 226 g/mol. The average molecular weight is 243 g/mol. The summed E-state index contributed by atoms with van der Waals surface area (Å²) in [5, 5.41) is 12.5. The van der Waals surface area contributed by atoms with Gasteiger partial charge in [0.25, 0.3) is 0 Å². The fraction of sp³-hybridized carbons (Fsp3) is 0.556. The first-order valence-corrected chi connectivity index (χ1v) is 6.10. The molecule has 0 spiro atoms. The third kappa shape index (κ3) is 5.62. The molecule has 1 heterocycles. The Morgan fingerprint density at radius 3 is 3.12 bits per heavy atom. The first kappa shape index (κ1) is 12.9. The predicted octanol–water partition coefficient (Wildman–Crippen LogP) is 0.119. The van der Waals surface area contributed by atoms with E-state index in [4.69, 9.17) is 0 Å². The van der Waals surface area contributed by atoms with E-state index in [-0.39, 0.29) is 6.03 Å². The molecule has 0 saturated carbocycles. The number of hydrogen-bond acceptors (Lipinski definition) is 4. The van der Waals surface area contributed by atoms with Crippen LogP contribution in [0.1, 0.15) is 5.69 Å². The van der Waals surface area contributed by atoms with Gasteiger partial charge in [0.05, 0.1) is 0 Å². The van der Waals surface area contributed by atoms with Crippen LogP contribution in [0.5, 0.6) is 0 Å². The number of nitrogens with zero attached hydrogens (tertiary/aromatic N) is 1. The Bertz CT molecular complexity index is 290. The smallest absolute Gasteiger partial charge is 0.324 e. The summed E-state index contributed by atoms with van der Waals surface area (Å²) in [6.07, 6.45) is 2.69. The van der Waals surface area contributed by atoms with Gasteiger partial charge in [-0.25, -0.2) is 4.79 Å². The molecule has 7 heteroatoms. The van der Waals surface area contributed by atoms with Crippen LogP contribution in [0.25, 0.3) is 0 Å². The molecule has 0 aliphatic carbocycles. The van der Waals surface area contributed by atoms with Crippen molar-refractivity contribution in [2.75, 3.05) is 25.9 Å². The van der Waals surface area contributed by atoms with Crippen LogP contribution in [-0.4, -0.2) is 42.1 Å². The van der Waals surface area contributed by atoms with Crippen molar-refractivity contribution in [1.29, 1.82) is 0 Å². The fourth-order valence-corrected chi connectivity index (χ4v) is 1.64. The van der Waals surface area contributed by atoms with Gasteiger partial charge in [0, 0.05) is 44.2 Å². The first-order chi connectivity index (χ1) is 7.83. The highest BCUT2D eigenvalue weighted by atomic mass is 32.2. The summed E-state index contributed by atoms with van der Waals surface area (Å²) >= 11 is 1.39. The minimum Gasteiger partial charge on any atom is -0.341 e. The summed E-state index contributed by atoms with van der Waals surface area (Å²) in [6, 6.07) is 1.80. The lowest BCUT2D eigenvalue weighted by molar-refractivity contribution is 0.248. The van der Waals surface area contributed by atoms with E-state index >= 15 is 0 Å². The molecule has 0 aliphatic heterocycles. The molecule has 0 aliphatic rings. The van der Waals surface area contributed by atoms with Crippen LogP contribution < -0.4 is 15.4 Å². The molecule has 0 fully saturated rings. The molecule has 0 atom stereocenters. The van der Waals surface area contributed by atoms with Crippen molar-refractivity contribution in [2.45, 2.75) is 6.42 Å². The number of nitrogens with one attached hydrogen (secondary N) is 4. The lowest BCUT2D eigenvalue weighted by Crippen LogP contribution is -2.29. The van der Waals surface area contributed by atoms with Gasteiger partial charge in [-0.05, 0) is 18.0 Å². The zero-order valence-corrected chi connectivity index (χ0v) is 10.1. The second kappa shape index (κ2) is 8.00. The molecule has 16 heavy (non-hydrogen) atoms. The van der Waals surface area contributed by atoms with E-state index in [1.807, 2.05) is 6.07 Å². The number of urea groups is 1. The molecule has 1 rings (SSSR count). The number of H-pyrrole nitrogens is 1. The SMILES string of the molecule is CNC(=O)NSCCNCCc1ccn[nH]1. The molecule has 2 amide bonds. The molecular formula is C9H17N5OS. The molecule has 4 N–H and O–H groups in total. The second-order valence-corrected chi connectivity index (χ2v) is 4.01. The maximum absolute atomic E-state index is 10.8. The third-order valence-electron chi connectivity index (χ3n) is 1.90. The monoisotopic (exact) mass is 243 g/mol. The molecule has 0 radical (unpaired) electrons. The number of hydrogen-bond donors (Lipinski definition) is 4. The van der Waals surface area contributed by atoms with Crippen molar-refractivity contribution in [3.8, 4) is 0 Å². The third-order valence-corrected chi connectivity index (χ3v) is 2.64. The summed E-state index contributed by atoms with van der Waals surface area (Å²) in [5.41, 5.74) is 1.13. The van der Waals surface area contributed by atoms with Gasteiger partial charge in [-0.1, -0.05) is 0 Å². The summed E-state index contributed by atoms with van der Waals surface area (Å²) in [4.78, 5) is 10.8. The zero-order chi connectivity index (χ0) is 11.6. The van der Waals surface area contributed by atoms with Crippen molar-refractivity contribution >= 4 is 18.0 Å². The minimum absolute atomic E-state index is 0.164. The highest BCUT2D eigenvalue weighted by Crippen LogP contribution is 1.92. The van der Waals surface area contributed by atoms with Crippen molar-refractivity contribution in [2.24, 2.45) is 0 Å². The van der Waals surface area contributed by atoms with Crippen LogP contribution in [0.15, 0.2) is 12.3 Å². The van der Waals surface area contributed by atoms with Gasteiger partial charge >= 0.3 is 6.03 Å². The van der Waals surface area contributed by atoms with Gasteiger partial charge in [0.1, 0.15) is 0 Å². The normalized spacial score (nSPS) is 10.1. The molecule has 0 aromatic carbocycles. The van der Waals surface area contributed by atoms with Gasteiger partial charge < -0.3 is 10.6 Å². The fourth-order valence-electron chi connectivity index (χ4n) is 1.06. The number of amides is 2. The van der Waals surface area contributed by atoms with Gasteiger partial charge in [-0.15, -0.1) is 0 Å². The highest BCUT2D eigenvalue weighted by Gasteiger charge is 1.95. The van der Waals surface area contributed by atoms with Gasteiger partial charge in [0.2, 0.25) is 0 Å². The Hall–Kier alpha value is -1.21. The number of aromatic amines is 1. The van der Waals surface area contributed by atoms with E-state index < -0.39 is 0 Å². The van der Waals surface area contributed by atoms with Gasteiger partial charge in [-0.2, -0.15) is 5.10 Å². The lowest BCUT2D eigenvalue weighted by atomic mass is 10.3. The molecule has 0 bridgehead atoms. The summed E-state index contributed by atoms with van der Waals surface area (Å²) < 4.78 is 2.65. The van der Waals surface area contributed by atoms with E-state index in [1.165, 1.54) is 11.9 Å². The number of carbonyl (C=O) groups is 1. The average Bonchev–Trinajstić information content (AvgIpc) is 2.80. The molecule has 0 unspecified atom stereocenters. The van der Waals surface area contributed by atoms with Gasteiger partial charge in [-0.3, -0.25) is 9.82 Å². The first-order valence-electron chi connectivity index (χ1n) is 5.11. The Morgan fingerprint density at radius 2 is 2.44 bits per heavy atom. The van der Waals surface area contributed by atoms with E-state index in [0.717, 1.165) is 31.0 Å². The molecule has 1 aromatic rings. The van der Waals surface area contributed by atoms with Crippen LogP contribution in [0.2, 0.25) is 0 Å². The lowest BCUT2D eigenvalue weighted by Gasteiger charge is -2.04. The summed E-state index contributed by atoms with van der Waals surface area (Å²) in [5.74, 6) is 0.844. The van der Waals surface area contributed by atoms with Crippen LogP contribution in [-0.2, 0) is 6.42 Å². The number of carbonyl (C=O) groups excluding carboxylic acids is 1. The Labute approximate surface area is 99.1 Å². The van der Waals surface area contributed by atoms with Crippen molar-refractivity contribution in [3.63, 3.8) is 0 Å². The molecule has 1 aromatic heterocycles. The topological polar surface area (TPSA) is 81.8 Å². The molecule has 90 valence electrons. The Kier molecular flexibility index (Phi) is 6.43. The minimum atomic E-state index is -0.164. The Balaban J connectivity index is 1.87. The van der Waals surface area contributed by atoms with Crippen LogP contribution >= 0.6 is 11.9 Å². The predicted molar refractivity (Wildman–Crippen MR) is 65.2 cm³/mol. The van der Waals surface area contributed by atoms with Crippen LogP contribution in [0.3, 0.4) is 0 Å². The highest BCUT2D eigenvalue weighted by molar-refractivity contribution is 7.97. The molecule has 6 nitrogen and oxygen atoms in total. The van der Waals surface area contributed by atoms with Crippen molar-refractivity contribution in [1.82, 2.24) is 25.6 Å². The van der Waals surface area contributed by atoms with Crippen molar-refractivity contribution in [3.05, 3.63) is 18.0 Å². The maximum atomic E-state index is 10.8. The largest absolute Gasteiger partial charge is 0.341 e. The number of rotatable bonds is 7. The van der Waals surface area contributed by atoms with Crippen LogP contribution in [0, 0.1) is 0 Å². The molecule has 0 saturated heterocycles. The van der Waals surface area contributed by atoms with Gasteiger partial charge in [0.15, 0.2) is 0 Å². The standard InChI is InChI=1S/C9H17N5OS/c1-10-9(15)14-16-7-6-11-4-2-8-3-5-12-13-8/h3,5,11H,2,4,6-7H2,1H3,(H,12,13)(H2,10,14,15). The van der Waals surface area contributed by atoms with E-state index in [0.29, 0.717) is 0 Å². The second-order valence-electron chi connectivity index (χ2n) is 3.11. The van der Waals surface area contributed by atoms with Crippen LogP contribution in [0.4, 0.5) is 4.79 Å². The van der Waals surface area contributed by atoms with E-state index in [2.05, 4.69) is 25.6 Å². The zero-order valence-electron chi connectivity index (χ0n) is 9.25.